The number of aromatic nitrogens is 2. The lowest BCUT2D eigenvalue weighted by Gasteiger charge is -2.38. The molecule has 1 atom stereocenters. The van der Waals surface area contributed by atoms with Crippen LogP contribution in [0.3, 0.4) is 0 Å². The van der Waals surface area contributed by atoms with Crippen LogP contribution in [0.4, 0.5) is 5.69 Å². The predicted octanol–water partition coefficient (Wildman–Crippen LogP) is 6.67. The first-order valence-electron chi connectivity index (χ1n) is 19.6. The molecule has 2 aromatic heterocycles. The van der Waals surface area contributed by atoms with E-state index in [9.17, 15) is 19.2 Å². The number of aryl methyl sites for hydroxylation is 1. The zero-order chi connectivity index (χ0) is 37.5. The van der Waals surface area contributed by atoms with Crippen LogP contribution in [0, 0.1) is 17.8 Å². The summed E-state index contributed by atoms with van der Waals surface area (Å²) >= 11 is 0. The number of nitrogens with zero attached hydrogens (tertiary/aromatic N) is 4. The van der Waals surface area contributed by atoms with Crippen LogP contribution in [0.1, 0.15) is 92.5 Å². The van der Waals surface area contributed by atoms with Gasteiger partial charge in [-0.05, 0) is 113 Å². The first-order valence-corrected chi connectivity index (χ1v) is 19.6. The molecule has 10 nitrogen and oxygen atoms in total. The van der Waals surface area contributed by atoms with Gasteiger partial charge in [-0.15, -0.1) is 0 Å². The topological polar surface area (TPSA) is 119 Å². The number of aromatic amines is 1. The van der Waals surface area contributed by atoms with E-state index in [1.54, 1.807) is 6.92 Å². The number of carbonyl (C=O) groups excluding carboxylic acids is 4. The molecule has 0 spiro atoms. The summed E-state index contributed by atoms with van der Waals surface area (Å²) in [6.45, 7) is 15.9. The lowest BCUT2D eigenvalue weighted by molar-refractivity contribution is -0.135. The standard InChI is InChI=1S/C37H47N5O2.C6H9NO2/c1-26(2)37(44)32-9-7-30(24-33(32)27(3)43)42-21-19-41(20-22-42)18-13-28-11-16-40(17-12-28)15-4-5-29-6-8-31-34-25-38-14-10-35(34)39-36(31)23-29;1-4-2-3-5(8)7-6(4)9/h6-10,14,23-26,28,39H,4-5,11-13,15-22H2,1-3H3;4H,2-3H2,1H3,(H,7,8,9). The van der Waals surface area contributed by atoms with E-state index >= 15 is 0 Å². The van der Waals surface area contributed by atoms with Crippen molar-refractivity contribution in [2.24, 2.45) is 17.8 Å². The molecular weight excluding hydrogens is 665 g/mol. The van der Waals surface area contributed by atoms with Crippen LogP contribution in [-0.2, 0) is 16.0 Å². The van der Waals surface area contributed by atoms with Crippen LogP contribution in [0.15, 0.2) is 54.9 Å². The van der Waals surface area contributed by atoms with Gasteiger partial charge >= 0.3 is 0 Å². The van der Waals surface area contributed by atoms with E-state index in [0.29, 0.717) is 24.0 Å². The number of hydrogen-bond acceptors (Lipinski definition) is 8. The zero-order valence-corrected chi connectivity index (χ0v) is 32.0. The SMILES string of the molecule is CC(=O)c1cc(N2CCN(CCC3CCN(CCCc4ccc5c(c4)[nH]c4ccncc45)CC3)CC2)ccc1C(=O)C(C)C.CC1CCC(=O)NC1=O. The molecule has 3 aliphatic heterocycles. The van der Waals surface area contributed by atoms with Crippen molar-refractivity contribution in [3.05, 3.63) is 71.5 Å². The average molecular weight is 721 g/mol. The van der Waals surface area contributed by atoms with Crippen molar-refractivity contribution >= 4 is 50.9 Å². The molecule has 2 N–H and O–H groups in total. The Morgan fingerprint density at radius 2 is 1.60 bits per heavy atom. The first-order chi connectivity index (χ1) is 25.5. The van der Waals surface area contributed by atoms with Gasteiger partial charge in [0.1, 0.15) is 0 Å². The Bertz CT molecular complexity index is 1920. The van der Waals surface area contributed by atoms with Crippen molar-refractivity contribution in [2.45, 2.75) is 72.6 Å². The second-order valence-corrected chi connectivity index (χ2v) is 15.6. The minimum atomic E-state index is -0.141. The van der Waals surface area contributed by atoms with Crippen LogP contribution in [-0.4, -0.2) is 95.5 Å². The molecule has 4 aromatic rings. The third kappa shape index (κ3) is 9.78. The van der Waals surface area contributed by atoms with Gasteiger partial charge in [-0.1, -0.05) is 32.9 Å². The lowest BCUT2D eigenvalue weighted by atomic mass is 9.93. The monoisotopic (exact) mass is 720 g/mol. The number of piperidine rings is 2. The molecule has 5 heterocycles. The summed E-state index contributed by atoms with van der Waals surface area (Å²) in [5, 5.41) is 4.71. The van der Waals surface area contributed by atoms with Crippen LogP contribution < -0.4 is 10.2 Å². The first kappa shape index (κ1) is 38.3. The van der Waals surface area contributed by atoms with Crippen molar-refractivity contribution in [3.63, 3.8) is 0 Å². The average Bonchev–Trinajstić information content (AvgIpc) is 3.54. The highest BCUT2D eigenvalue weighted by atomic mass is 16.2. The van der Waals surface area contributed by atoms with Crippen molar-refractivity contribution in [1.29, 1.82) is 0 Å². The van der Waals surface area contributed by atoms with Crippen LogP contribution in [0.2, 0.25) is 0 Å². The molecule has 0 saturated carbocycles. The van der Waals surface area contributed by atoms with Crippen molar-refractivity contribution in [1.82, 2.24) is 25.1 Å². The predicted molar refractivity (Wildman–Crippen MR) is 212 cm³/mol. The Balaban J connectivity index is 0.000000468. The van der Waals surface area contributed by atoms with Gasteiger partial charge in [-0.3, -0.25) is 34.4 Å². The second-order valence-electron chi connectivity index (χ2n) is 15.6. The van der Waals surface area contributed by atoms with Crippen LogP contribution in [0.25, 0.3) is 21.8 Å². The maximum Gasteiger partial charge on any atom is 0.229 e. The molecule has 7 rings (SSSR count). The quantitative estimate of drug-likeness (QED) is 0.130. The number of Topliss-reactive ketones (excluding diaryl/α,β-unsaturated/α-hetero) is 2. The highest BCUT2D eigenvalue weighted by molar-refractivity contribution is 6.09. The molecule has 1 unspecified atom stereocenters. The Kier molecular flexibility index (Phi) is 12.7. The van der Waals surface area contributed by atoms with Crippen molar-refractivity contribution in [3.8, 4) is 0 Å². The van der Waals surface area contributed by atoms with Gasteiger partial charge in [0.15, 0.2) is 11.6 Å². The summed E-state index contributed by atoms with van der Waals surface area (Å²) in [6, 6.07) is 14.7. The van der Waals surface area contributed by atoms with Crippen LogP contribution in [0.5, 0.6) is 0 Å². The van der Waals surface area contributed by atoms with E-state index in [1.165, 1.54) is 73.7 Å². The highest BCUT2D eigenvalue weighted by Crippen LogP contribution is 2.27. The number of amides is 2. The van der Waals surface area contributed by atoms with Crippen LogP contribution >= 0.6 is 0 Å². The summed E-state index contributed by atoms with van der Waals surface area (Å²) in [6.07, 6.45) is 11.2. The Labute approximate surface area is 313 Å². The summed E-state index contributed by atoms with van der Waals surface area (Å²) in [4.78, 5) is 61.5. The summed E-state index contributed by atoms with van der Waals surface area (Å²) in [5.74, 6) is 0.447. The van der Waals surface area contributed by atoms with Gasteiger partial charge < -0.3 is 14.8 Å². The Hall–Kier alpha value is -4.41. The van der Waals surface area contributed by atoms with Gasteiger partial charge in [-0.2, -0.15) is 0 Å². The maximum absolute atomic E-state index is 12.6. The van der Waals surface area contributed by atoms with Crippen molar-refractivity contribution in [2.75, 3.05) is 57.3 Å². The van der Waals surface area contributed by atoms with Gasteiger partial charge in [0, 0.05) is 95.4 Å². The lowest BCUT2D eigenvalue weighted by Crippen LogP contribution is -2.47. The van der Waals surface area contributed by atoms with Crippen molar-refractivity contribution < 1.29 is 19.2 Å². The summed E-state index contributed by atoms with van der Waals surface area (Å²) in [5.41, 5.74) is 5.94. The number of benzene rings is 2. The number of ketones is 2. The Morgan fingerprint density at radius 3 is 2.30 bits per heavy atom. The third-order valence-electron chi connectivity index (χ3n) is 11.4. The second kappa shape index (κ2) is 17.6. The number of fused-ring (bicyclic) bond motifs is 3. The summed E-state index contributed by atoms with van der Waals surface area (Å²) in [7, 11) is 0. The number of carbonyl (C=O) groups is 4. The fourth-order valence-electron chi connectivity index (χ4n) is 7.90. The molecule has 0 bridgehead atoms. The molecule has 53 heavy (non-hydrogen) atoms. The number of pyridine rings is 1. The number of imide groups is 1. The fourth-order valence-corrected chi connectivity index (χ4v) is 7.90. The van der Waals surface area contributed by atoms with E-state index in [0.717, 1.165) is 49.7 Å². The number of nitrogens with one attached hydrogen (secondary N) is 2. The largest absolute Gasteiger partial charge is 0.369 e. The van der Waals surface area contributed by atoms with Gasteiger partial charge in [0.2, 0.25) is 11.8 Å². The maximum atomic E-state index is 12.6. The van der Waals surface area contributed by atoms with E-state index in [1.807, 2.05) is 57.4 Å². The van der Waals surface area contributed by atoms with Gasteiger partial charge in [-0.25, -0.2) is 0 Å². The van der Waals surface area contributed by atoms with Gasteiger partial charge in [0.05, 0.1) is 0 Å². The molecule has 3 aliphatic rings. The third-order valence-corrected chi connectivity index (χ3v) is 11.4. The van der Waals surface area contributed by atoms with E-state index in [2.05, 4.69) is 48.2 Å². The normalized spacial score (nSPS) is 19.0. The number of H-pyrrole nitrogens is 1. The van der Waals surface area contributed by atoms with E-state index < -0.39 is 0 Å². The summed E-state index contributed by atoms with van der Waals surface area (Å²) < 4.78 is 0. The number of hydrogen-bond donors (Lipinski definition) is 2. The van der Waals surface area contributed by atoms with E-state index in [-0.39, 0.29) is 35.2 Å². The molecule has 2 amide bonds. The minimum absolute atomic E-state index is 0.0164. The molecule has 2 aromatic carbocycles. The molecule has 0 radical (unpaired) electrons. The minimum Gasteiger partial charge on any atom is -0.369 e. The number of piperazine rings is 1. The number of anilines is 1. The molecular formula is C43H56N6O4. The van der Waals surface area contributed by atoms with E-state index in [4.69, 9.17) is 0 Å². The molecule has 10 heteroatoms. The number of likely N-dealkylation sites (tertiary alicyclic amines) is 1. The van der Waals surface area contributed by atoms with Gasteiger partial charge in [0.25, 0.3) is 0 Å². The fraction of sp³-hybridized carbons (Fsp3) is 0.512. The molecule has 0 aliphatic carbocycles. The highest BCUT2D eigenvalue weighted by Gasteiger charge is 2.24. The molecule has 3 fully saturated rings. The Morgan fingerprint density at radius 1 is 0.849 bits per heavy atom. The molecule has 282 valence electrons. The smallest absolute Gasteiger partial charge is 0.229 e. The molecule has 3 saturated heterocycles. The zero-order valence-electron chi connectivity index (χ0n) is 32.0. The number of rotatable bonds is 11.